The van der Waals surface area contributed by atoms with Crippen LogP contribution in [0.25, 0.3) is 0 Å². The fraction of sp³-hybridized carbons (Fsp3) is 0.538. The molecule has 1 aliphatic rings. The van der Waals surface area contributed by atoms with Crippen LogP contribution in [-0.4, -0.2) is 21.9 Å². The van der Waals surface area contributed by atoms with Gasteiger partial charge in [0.2, 0.25) is 0 Å². The predicted octanol–water partition coefficient (Wildman–Crippen LogP) is 3.10. The summed E-state index contributed by atoms with van der Waals surface area (Å²) in [5.41, 5.74) is -0.175. The number of nitrogens with one attached hydrogen (secondary N) is 1. The van der Waals surface area contributed by atoms with Gasteiger partial charge in [-0.3, -0.25) is 14.9 Å². The van der Waals surface area contributed by atoms with Crippen LogP contribution < -0.4 is 5.32 Å². The molecule has 0 aliphatic heterocycles. The van der Waals surface area contributed by atoms with E-state index >= 15 is 0 Å². The first-order valence-electron chi connectivity index (χ1n) is 6.68. The van der Waals surface area contributed by atoms with Crippen molar-refractivity contribution in [1.29, 1.82) is 0 Å². The van der Waals surface area contributed by atoms with E-state index < -0.39 is 10.8 Å². The molecule has 1 fully saturated rings. The highest BCUT2D eigenvalue weighted by atomic mass is 35.5. The third-order valence-corrected chi connectivity index (χ3v) is 3.77. The van der Waals surface area contributed by atoms with Crippen molar-refractivity contribution in [2.75, 3.05) is 0 Å². The van der Waals surface area contributed by atoms with Gasteiger partial charge in [-0.05, 0) is 12.8 Å². The van der Waals surface area contributed by atoms with Crippen molar-refractivity contribution in [3.8, 4) is 0 Å². The maximum absolute atomic E-state index is 12.2. The number of rotatable bonds is 3. The summed E-state index contributed by atoms with van der Waals surface area (Å²) in [6.07, 6.45) is 7.47. The van der Waals surface area contributed by atoms with E-state index in [-0.39, 0.29) is 22.4 Å². The molecule has 0 radical (unpaired) electrons. The molecule has 0 saturated heterocycles. The van der Waals surface area contributed by atoms with Crippen LogP contribution in [0, 0.1) is 10.1 Å². The molecular weight excluding hydrogens is 282 g/mol. The highest BCUT2D eigenvalue weighted by Crippen LogP contribution is 2.21. The lowest BCUT2D eigenvalue weighted by molar-refractivity contribution is -0.385. The van der Waals surface area contributed by atoms with Gasteiger partial charge in [0.05, 0.1) is 10.5 Å². The van der Waals surface area contributed by atoms with Gasteiger partial charge in [-0.1, -0.05) is 37.3 Å². The molecule has 1 aromatic heterocycles. The molecule has 108 valence electrons. The number of hydrogen-bond acceptors (Lipinski definition) is 4. The van der Waals surface area contributed by atoms with Gasteiger partial charge in [-0.25, -0.2) is 4.98 Å². The van der Waals surface area contributed by atoms with E-state index in [0.717, 1.165) is 31.9 Å². The first-order chi connectivity index (χ1) is 9.58. The van der Waals surface area contributed by atoms with Crippen LogP contribution >= 0.6 is 11.6 Å². The number of nitro groups is 1. The van der Waals surface area contributed by atoms with Crippen LogP contribution in [0.5, 0.6) is 0 Å². The normalized spacial score (nSPS) is 16.4. The summed E-state index contributed by atoms with van der Waals surface area (Å²) in [6.45, 7) is 0. The second kappa shape index (κ2) is 6.65. The summed E-state index contributed by atoms with van der Waals surface area (Å²) < 4.78 is 0. The first-order valence-corrected chi connectivity index (χ1v) is 7.06. The summed E-state index contributed by atoms with van der Waals surface area (Å²) in [5, 5.41) is 13.6. The summed E-state index contributed by atoms with van der Waals surface area (Å²) in [4.78, 5) is 26.0. The number of carbonyl (C=O) groups is 1. The average Bonchev–Trinajstić information content (AvgIpc) is 2.67. The molecule has 20 heavy (non-hydrogen) atoms. The number of pyridine rings is 1. The Bertz CT molecular complexity index is 514. The smallest absolute Gasteiger partial charge is 0.288 e. The van der Waals surface area contributed by atoms with E-state index in [2.05, 4.69) is 10.3 Å². The maximum atomic E-state index is 12.2. The van der Waals surface area contributed by atoms with Crippen LogP contribution in [0.15, 0.2) is 12.3 Å². The van der Waals surface area contributed by atoms with Gasteiger partial charge in [0.1, 0.15) is 11.3 Å². The molecule has 2 rings (SSSR count). The SMILES string of the molecule is O=C(NC1CCCCCC1)c1cc([N+](=O)[O-])cnc1Cl. The second-order valence-electron chi connectivity index (χ2n) is 4.95. The van der Waals surface area contributed by atoms with Crippen molar-refractivity contribution < 1.29 is 9.72 Å². The van der Waals surface area contributed by atoms with Crippen LogP contribution in [0.2, 0.25) is 5.15 Å². The van der Waals surface area contributed by atoms with Crippen LogP contribution in [0.3, 0.4) is 0 Å². The highest BCUT2D eigenvalue weighted by Gasteiger charge is 2.20. The van der Waals surface area contributed by atoms with Crippen molar-refractivity contribution in [2.24, 2.45) is 0 Å². The fourth-order valence-corrected chi connectivity index (χ4v) is 2.57. The Kier molecular flexibility index (Phi) is 4.89. The van der Waals surface area contributed by atoms with E-state index in [1.54, 1.807) is 0 Å². The van der Waals surface area contributed by atoms with Gasteiger partial charge >= 0.3 is 0 Å². The molecule has 0 unspecified atom stereocenters. The summed E-state index contributed by atoms with van der Waals surface area (Å²) in [5.74, 6) is -0.391. The molecular formula is C13H16ClN3O3. The third kappa shape index (κ3) is 3.66. The zero-order valence-corrected chi connectivity index (χ0v) is 11.7. The lowest BCUT2D eigenvalue weighted by Crippen LogP contribution is -2.34. The molecule has 1 aromatic rings. The first kappa shape index (κ1) is 14.7. The molecule has 1 amide bonds. The number of aromatic nitrogens is 1. The molecule has 0 atom stereocenters. The zero-order valence-electron chi connectivity index (χ0n) is 11.0. The molecule has 1 saturated carbocycles. The van der Waals surface area contributed by atoms with E-state index in [1.807, 2.05) is 0 Å². The van der Waals surface area contributed by atoms with Gasteiger partial charge in [-0.15, -0.1) is 0 Å². The Morgan fingerprint density at radius 2 is 2.00 bits per heavy atom. The van der Waals surface area contributed by atoms with Gasteiger partial charge in [0.15, 0.2) is 0 Å². The molecule has 0 bridgehead atoms. The Morgan fingerprint density at radius 1 is 1.35 bits per heavy atom. The molecule has 0 aromatic carbocycles. The summed E-state index contributed by atoms with van der Waals surface area (Å²) >= 11 is 5.85. The minimum atomic E-state index is -0.592. The van der Waals surface area contributed by atoms with Crippen molar-refractivity contribution in [3.05, 3.63) is 33.1 Å². The van der Waals surface area contributed by atoms with Crippen molar-refractivity contribution in [1.82, 2.24) is 10.3 Å². The quantitative estimate of drug-likeness (QED) is 0.402. The molecule has 1 heterocycles. The zero-order chi connectivity index (χ0) is 14.5. The van der Waals surface area contributed by atoms with Gasteiger partial charge in [-0.2, -0.15) is 0 Å². The second-order valence-corrected chi connectivity index (χ2v) is 5.31. The van der Waals surface area contributed by atoms with E-state index in [0.29, 0.717) is 0 Å². The van der Waals surface area contributed by atoms with Gasteiger partial charge in [0.25, 0.3) is 11.6 Å². The standard InChI is InChI=1S/C13H16ClN3O3/c14-12-11(7-10(8-15-12)17(19)20)13(18)16-9-5-3-1-2-4-6-9/h7-9H,1-6H2,(H,16,18). The summed E-state index contributed by atoms with van der Waals surface area (Å²) in [7, 11) is 0. The Hall–Kier alpha value is -1.69. The molecule has 0 spiro atoms. The van der Waals surface area contributed by atoms with Crippen molar-refractivity contribution >= 4 is 23.2 Å². The Labute approximate surface area is 121 Å². The topological polar surface area (TPSA) is 85.1 Å². The largest absolute Gasteiger partial charge is 0.349 e. The number of amides is 1. The lowest BCUT2D eigenvalue weighted by Gasteiger charge is -2.16. The van der Waals surface area contributed by atoms with Crippen molar-refractivity contribution in [2.45, 2.75) is 44.6 Å². The Balaban J connectivity index is 2.11. The van der Waals surface area contributed by atoms with Crippen LogP contribution in [0.1, 0.15) is 48.9 Å². The minimum Gasteiger partial charge on any atom is -0.349 e. The van der Waals surface area contributed by atoms with E-state index in [9.17, 15) is 14.9 Å². The number of hydrogen-bond donors (Lipinski definition) is 1. The predicted molar refractivity (Wildman–Crippen MR) is 74.9 cm³/mol. The molecule has 7 heteroatoms. The highest BCUT2D eigenvalue weighted by molar-refractivity contribution is 6.32. The van der Waals surface area contributed by atoms with Crippen molar-refractivity contribution in [3.63, 3.8) is 0 Å². The fourth-order valence-electron chi connectivity index (χ4n) is 2.38. The summed E-state index contributed by atoms with van der Waals surface area (Å²) in [6, 6.07) is 1.28. The number of halogens is 1. The lowest BCUT2D eigenvalue weighted by atomic mass is 10.1. The Morgan fingerprint density at radius 3 is 2.60 bits per heavy atom. The third-order valence-electron chi connectivity index (χ3n) is 3.47. The molecule has 6 nitrogen and oxygen atoms in total. The molecule has 1 aliphatic carbocycles. The van der Waals surface area contributed by atoms with Crippen LogP contribution in [0.4, 0.5) is 5.69 Å². The monoisotopic (exact) mass is 297 g/mol. The number of carbonyl (C=O) groups excluding carboxylic acids is 1. The van der Waals surface area contributed by atoms with E-state index in [1.165, 1.54) is 18.9 Å². The average molecular weight is 298 g/mol. The number of nitrogens with zero attached hydrogens (tertiary/aromatic N) is 2. The van der Waals surface area contributed by atoms with Gasteiger partial charge < -0.3 is 5.32 Å². The van der Waals surface area contributed by atoms with E-state index in [4.69, 9.17) is 11.6 Å². The maximum Gasteiger partial charge on any atom is 0.288 e. The van der Waals surface area contributed by atoms with Crippen LogP contribution in [-0.2, 0) is 0 Å². The molecule has 1 N–H and O–H groups in total. The minimum absolute atomic E-state index is 0.0123. The van der Waals surface area contributed by atoms with Gasteiger partial charge in [0, 0.05) is 12.1 Å².